The average molecular weight is 133 g/mol. The van der Waals surface area contributed by atoms with Crippen molar-refractivity contribution in [3.63, 3.8) is 0 Å². The molecule has 0 radical (unpaired) electrons. The molecule has 0 saturated heterocycles. The van der Waals surface area contributed by atoms with Gasteiger partial charge in [-0.05, 0) is 0 Å². The molecule has 0 bridgehead atoms. The van der Waals surface area contributed by atoms with Crippen molar-refractivity contribution in [2.45, 2.75) is 0 Å². The first kappa shape index (κ1) is 42.3. The van der Waals surface area contributed by atoms with Gasteiger partial charge in [-0.25, -0.2) is 0 Å². The first-order valence-electron chi connectivity index (χ1n) is 0. The zero-order chi connectivity index (χ0) is 0. The molecule has 0 heterocycles. The molecule has 0 saturated carbocycles. The van der Waals surface area contributed by atoms with E-state index >= 15 is 0 Å². The predicted octanol–water partition coefficient (Wildman–Crippen LogP) is -2.93. The molecule has 0 atom stereocenters. The van der Waals surface area contributed by atoms with E-state index in [-0.39, 0.29) is 62.4 Å². The summed E-state index contributed by atoms with van der Waals surface area (Å²) in [5.74, 6) is 0. The topological polar surface area (TPSA) is 31.5 Å². The molecule has 0 aromatic heterocycles. The van der Waals surface area contributed by atoms with Crippen molar-refractivity contribution in [2.75, 3.05) is 0 Å². The Kier molecular flexibility index (Phi) is 231. The van der Waals surface area contributed by atoms with Crippen LogP contribution in [0.4, 0.5) is 0 Å². The van der Waals surface area contributed by atoms with Gasteiger partial charge in [-0.3, -0.25) is 0 Å². The van der Waals surface area contributed by atoms with Gasteiger partial charge in [0.05, 0.1) is 0 Å². The van der Waals surface area contributed by atoms with Crippen LogP contribution in [0.3, 0.4) is 0 Å². The normalized spacial score (nSPS) is 0. The Labute approximate surface area is 62.0 Å². The summed E-state index contributed by atoms with van der Waals surface area (Å²) in [6.45, 7) is 0. The van der Waals surface area contributed by atoms with Gasteiger partial charge >= 0.3 is 23.1 Å². The fraction of sp³-hybridized carbons (Fsp3) is 0. The summed E-state index contributed by atoms with van der Waals surface area (Å²) in [5.41, 5.74) is 0. The summed E-state index contributed by atoms with van der Waals surface area (Å²) in [7, 11) is 0. The number of rotatable bonds is 0. The van der Waals surface area contributed by atoms with Gasteiger partial charge in [0.2, 0.25) is 0 Å². The van der Waals surface area contributed by atoms with Crippen molar-refractivity contribution < 1.29 is 22.0 Å². The van der Waals surface area contributed by atoms with Gasteiger partial charge in [0.25, 0.3) is 0 Å². The van der Waals surface area contributed by atoms with E-state index in [4.69, 9.17) is 0 Å². The molecule has 0 aliphatic carbocycles. The summed E-state index contributed by atoms with van der Waals surface area (Å²) in [5, 5.41) is 0. The smallest absolute Gasteiger partial charge is 0.316 e. The molecule has 1 nitrogen and oxygen atoms in total. The third-order valence-corrected chi connectivity index (χ3v) is 0. The molecule has 0 aliphatic rings. The largest absolute Gasteiger partial charge is 0.412 e. The van der Waals surface area contributed by atoms with E-state index in [1.807, 2.05) is 0 Å². The van der Waals surface area contributed by atoms with E-state index in [2.05, 4.69) is 0 Å². The second-order valence-electron chi connectivity index (χ2n) is 0. The molecule has 0 aromatic rings. The monoisotopic (exact) mass is 132 g/mol. The maximum atomic E-state index is 0. The van der Waals surface area contributed by atoms with Gasteiger partial charge in [-0.15, -0.1) is 0 Å². The Bertz CT molecular complexity index is 8.00. The molecular formula is H7AlMgNiO. The minimum Gasteiger partial charge on any atom is -0.412 e. The number of hydrogen-bond acceptors (Lipinski definition) is 0. The van der Waals surface area contributed by atoms with E-state index in [0.29, 0.717) is 0 Å². The standard InChI is InChI=1S/Al.Mg.Ni.H2O.5H/h;;;1H2;;;;;. The predicted molar refractivity (Wildman–Crippen MR) is 22.1 cm³/mol. The van der Waals surface area contributed by atoms with Crippen LogP contribution in [-0.4, -0.2) is 45.9 Å². The molecular weight excluding hydrogens is 126 g/mol. The first-order chi connectivity index (χ1) is 0. The van der Waals surface area contributed by atoms with Crippen molar-refractivity contribution in [2.24, 2.45) is 0 Å². The van der Waals surface area contributed by atoms with Gasteiger partial charge in [-0.2, -0.15) is 0 Å². The van der Waals surface area contributed by atoms with Gasteiger partial charge in [0, 0.05) is 16.5 Å². The molecule has 0 aliphatic heterocycles. The molecule has 0 amide bonds. The summed E-state index contributed by atoms with van der Waals surface area (Å²) in [6.07, 6.45) is 0. The van der Waals surface area contributed by atoms with Crippen LogP contribution in [0.25, 0.3) is 0 Å². The van der Waals surface area contributed by atoms with Crippen molar-refractivity contribution in [1.29, 1.82) is 0 Å². The van der Waals surface area contributed by atoms with E-state index < -0.39 is 0 Å². The van der Waals surface area contributed by atoms with E-state index in [0.717, 1.165) is 0 Å². The maximum absolute atomic E-state index is 0. The van der Waals surface area contributed by atoms with E-state index in [1.165, 1.54) is 0 Å². The van der Waals surface area contributed by atoms with Crippen molar-refractivity contribution >= 4 is 40.4 Å². The van der Waals surface area contributed by atoms with Gasteiger partial charge < -0.3 is 5.48 Å². The van der Waals surface area contributed by atoms with Crippen LogP contribution in [0.1, 0.15) is 0 Å². The minimum absolute atomic E-state index is 0. The zero-order valence-electron chi connectivity index (χ0n) is 0.816. The third-order valence-electron chi connectivity index (χ3n) is 0. The summed E-state index contributed by atoms with van der Waals surface area (Å²) in [4.78, 5) is 0. The van der Waals surface area contributed by atoms with Crippen LogP contribution in [0.15, 0.2) is 0 Å². The average Bonchev–Trinajstić information content (AvgIpc) is 0. The Balaban J connectivity index is 0. The molecule has 2 N–H and O–H groups in total. The van der Waals surface area contributed by atoms with Crippen molar-refractivity contribution in [3.8, 4) is 0 Å². The molecule has 4 heteroatoms. The number of hydrogen-bond donors (Lipinski definition) is 0. The summed E-state index contributed by atoms with van der Waals surface area (Å²) in [6, 6.07) is 0. The van der Waals surface area contributed by atoms with Crippen molar-refractivity contribution in [1.82, 2.24) is 0 Å². The van der Waals surface area contributed by atoms with Crippen LogP contribution in [0.2, 0.25) is 0 Å². The van der Waals surface area contributed by atoms with Crippen LogP contribution >= 0.6 is 0 Å². The zero-order valence-corrected chi connectivity index (χ0v) is 1.80. The van der Waals surface area contributed by atoms with Crippen molar-refractivity contribution in [3.05, 3.63) is 0 Å². The summed E-state index contributed by atoms with van der Waals surface area (Å²) >= 11 is 0. The molecule has 28 valence electrons. The second kappa shape index (κ2) is 21.8. The molecule has 0 spiro atoms. The third kappa shape index (κ3) is 9.26. The van der Waals surface area contributed by atoms with Crippen LogP contribution < -0.4 is 0 Å². The Morgan fingerprint density at radius 2 is 1.00 bits per heavy atom. The molecule has 0 fully saturated rings. The van der Waals surface area contributed by atoms with E-state index in [9.17, 15) is 0 Å². The quantitative estimate of drug-likeness (QED) is 0.317. The maximum Gasteiger partial charge on any atom is 0.316 e. The molecule has 0 rings (SSSR count). The molecule has 0 aromatic carbocycles. The van der Waals surface area contributed by atoms with Crippen LogP contribution in [0.5, 0.6) is 0 Å². The summed E-state index contributed by atoms with van der Waals surface area (Å²) < 4.78 is 0. The Hall–Kier alpha value is 1.75. The fourth-order valence-corrected chi connectivity index (χ4v) is 0. The van der Waals surface area contributed by atoms with Gasteiger partial charge in [0.1, 0.15) is 0 Å². The SMILES string of the molecule is O.[AlH3].[MgH2].[Ni]. The Morgan fingerprint density at radius 3 is 1.00 bits per heavy atom. The molecule has 0 unspecified atom stereocenters. The first-order valence-corrected chi connectivity index (χ1v) is 0. The van der Waals surface area contributed by atoms with Gasteiger partial charge in [-0.1, -0.05) is 0 Å². The van der Waals surface area contributed by atoms with Gasteiger partial charge in [0.15, 0.2) is 17.4 Å². The molecule has 4 heavy (non-hydrogen) atoms. The fourth-order valence-electron chi connectivity index (χ4n) is 0. The van der Waals surface area contributed by atoms with E-state index in [1.54, 1.807) is 0 Å². The van der Waals surface area contributed by atoms with Crippen LogP contribution in [-0.2, 0) is 16.5 Å². The second-order valence-corrected chi connectivity index (χ2v) is 0. The Morgan fingerprint density at radius 1 is 1.00 bits per heavy atom. The minimum atomic E-state index is 0. The van der Waals surface area contributed by atoms with Crippen LogP contribution in [0, 0.1) is 0 Å².